The standard InChI is InChI=1S/C18H17FN4O/c1-12-6-2-5-9-15(12)20-18(24)11-17-21-16(22-23-17)10-13-7-3-4-8-14(13)19/h2-9H,10-11H2,1H3,(H,20,24)(H,21,22,23). The molecular weight excluding hydrogens is 307 g/mol. The van der Waals surface area contributed by atoms with Gasteiger partial charge in [-0.05, 0) is 30.2 Å². The largest absolute Gasteiger partial charge is 0.325 e. The van der Waals surface area contributed by atoms with Gasteiger partial charge in [0.05, 0.1) is 6.42 Å². The molecule has 0 spiro atoms. The number of carbonyl (C=O) groups excluding carboxylic acids is 1. The van der Waals surface area contributed by atoms with E-state index < -0.39 is 0 Å². The van der Waals surface area contributed by atoms with Gasteiger partial charge in [-0.25, -0.2) is 9.37 Å². The van der Waals surface area contributed by atoms with Gasteiger partial charge in [0, 0.05) is 12.1 Å². The number of hydrogen-bond donors (Lipinski definition) is 2. The second kappa shape index (κ2) is 7.04. The number of amides is 1. The van der Waals surface area contributed by atoms with Gasteiger partial charge in [-0.1, -0.05) is 36.4 Å². The molecule has 0 saturated heterocycles. The van der Waals surface area contributed by atoms with Gasteiger partial charge in [0.2, 0.25) is 5.91 Å². The third-order valence-corrected chi connectivity index (χ3v) is 3.63. The van der Waals surface area contributed by atoms with Gasteiger partial charge in [-0.2, -0.15) is 5.10 Å². The quantitative estimate of drug-likeness (QED) is 0.758. The van der Waals surface area contributed by atoms with E-state index in [4.69, 9.17) is 0 Å². The van der Waals surface area contributed by atoms with Gasteiger partial charge in [-0.3, -0.25) is 9.89 Å². The first-order valence-electron chi connectivity index (χ1n) is 7.61. The fourth-order valence-corrected chi connectivity index (χ4v) is 2.37. The number of hydrogen-bond acceptors (Lipinski definition) is 3. The number of halogens is 1. The average Bonchev–Trinajstić information content (AvgIpc) is 2.99. The Kier molecular flexibility index (Phi) is 4.65. The molecule has 2 N–H and O–H groups in total. The van der Waals surface area contributed by atoms with E-state index >= 15 is 0 Å². The normalized spacial score (nSPS) is 10.6. The molecular formula is C18H17FN4O. The molecule has 3 rings (SSSR count). The Labute approximate surface area is 138 Å². The van der Waals surface area contributed by atoms with Crippen LogP contribution in [0.3, 0.4) is 0 Å². The van der Waals surface area contributed by atoms with E-state index in [1.165, 1.54) is 6.07 Å². The van der Waals surface area contributed by atoms with Gasteiger partial charge >= 0.3 is 0 Å². The van der Waals surface area contributed by atoms with Crippen LogP contribution in [0.4, 0.5) is 10.1 Å². The van der Waals surface area contributed by atoms with Crippen LogP contribution in [0.5, 0.6) is 0 Å². The number of nitrogens with one attached hydrogen (secondary N) is 2. The number of nitrogens with zero attached hydrogens (tertiary/aromatic N) is 2. The van der Waals surface area contributed by atoms with Crippen molar-refractivity contribution in [2.24, 2.45) is 0 Å². The molecule has 1 amide bonds. The van der Waals surface area contributed by atoms with Crippen molar-refractivity contribution < 1.29 is 9.18 Å². The first-order chi connectivity index (χ1) is 11.6. The first kappa shape index (κ1) is 15.9. The number of para-hydroxylation sites is 1. The predicted octanol–water partition coefficient (Wildman–Crippen LogP) is 3.02. The molecule has 0 unspecified atom stereocenters. The SMILES string of the molecule is Cc1ccccc1NC(=O)Cc1n[nH]c(Cc2ccccc2F)n1. The number of benzene rings is 2. The third-order valence-electron chi connectivity index (χ3n) is 3.63. The summed E-state index contributed by atoms with van der Waals surface area (Å²) in [5.74, 6) is 0.430. The van der Waals surface area contributed by atoms with Crippen LogP contribution in [0, 0.1) is 12.7 Å². The van der Waals surface area contributed by atoms with E-state index in [-0.39, 0.29) is 18.1 Å². The molecule has 0 aliphatic carbocycles. The van der Waals surface area contributed by atoms with Crippen molar-refractivity contribution in [3.05, 3.63) is 77.1 Å². The number of H-pyrrole nitrogens is 1. The Hall–Kier alpha value is -3.02. The number of anilines is 1. The van der Waals surface area contributed by atoms with Crippen LogP contribution < -0.4 is 5.32 Å². The van der Waals surface area contributed by atoms with Gasteiger partial charge < -0.3 is 5.32 Å². The zero-order valence-corrected chi connectivity index (χ0v) is 13.2. The molecule has 24 heavy (non-hydrogen) atoms. The van der Waals surface area contributed by atoms with Crippen LogP contribution >= 0.6 is 0 Å². The maximum absolute atomic E-state index is 13.6. The summed E-state index contributed by atoms with van der Waals surface area (Å²) in [7, 11) is 0. The van der Waals surface area contributed by atoms with Gasteiger partial charge in [0.25, 0.3) is 0 Å². The van der Waals surface area contributed by atoms with Crippen LogP contribution in [0.25, 0.3) is 0 Å². The highest BCUT2D eigenvalue weighted by molar-refractivity contribution is 5.92. The summed E-state index contributed by atoms with van der Waals surface area (Å²) < 4.78 is 13.6. The Morgan fingerprint density at radius 1 is 1.17 bits per heavy atom. The number of rotatable bonds is 5. The Bertz CT molecular complexity index is 859. The molecule has 0 fully saturated rings. The van der Waals surface area contributed by atoms with Crippen molar-refractivity contribution in [2.75, 3.05) is 5.32 Å². The highest BCUT2D eigenvalue weighted by Crippen LogP contribution is 2.14. The summed E-state index contributed by atoms with van der Waals surface area (Å²) in [5.41, 5.74) is 2.29. The number of carbonyl (C=O) groups is 1. The van der Waals surface area contributed by atoms with Gasteiger partial charge in [0.15, 0.2) is 5.82 Å². The van der Waals surface area contributed by atoms with E-state index in [9.17, 15) is 9.18 Å². The van der Waals surface area contributed by atoms with Crippen molar-refractivity contribution in [2.45, 2.75) is 19.8 Å². The summed E-state index contributed by atoms with van der Waals surface area (Å²) >= 11 is 0. The molecule has 1 heterocycles. The lowest BCUT2D eigenvalue weighted by atomic mass is 10.1. The minimum atomic E-state index is -0.284. The molecule has 1 aromatic heterocycles. The fourth-order valence-electron chi connectivity index (χ4n) is 2.37. The Balaban J connectivity index is 1.63. The van der Waals surface area contributed by atoms with Crippen molar-refractivity contribution in [1.82, 2.24) is 15.2 Å². The number of aryl methyl sites for hydroxylation is 1. The van der Waals surface area contributed by atoms with Crippen molar-refractivity contribution in [3.8, 4) is 0 Å². The summed E-state index contributed by atoms with van der Waals surface area (Å²) in [4.78, 5) is 16.3. The summed E-state index contributed by atoms with van der Waals surface area (Å²) in [5, 5.41) is 9.61. The Morgan fingerprint density at radius 2 is 1.92 bits per heavy atom. The highest BCUT2D eigenvalue weighted by Gasteiger charge is 2.11. The lowest BCUT2D eigenvalue weighted by Gasteiger charge is -2.06. The lowest BCUT2D eigenvalue weighted by Crippen LogP contribution is -2.16. The highest BCUT2D eigenvalue weighted by atomic mass is 19.1. The molecule has 0 bridgehead atoms. The molecule has 122 valence electrons. The minimum Gasteiger partial charge on any atom is -0.325 e. The average molecular weight is 324 g/mol. The zero-order valence-electron chi connectivity index (χ0n) is 13.2. The second-order valence-corrected chi connectivity index (χ2v) is 5.51. The summed E-state index contributed by atoms with van der Waals surface area (Å²) in [6, 6.07) is 14.1. The second-order valence-electron chi connectivity index (χ2n) is 5.51. The van der Waals surface area contributed by atoms with Crippen molar-refractivity contribution in [1.29, 1.82) is 0 Å². The van der Waals surface area contributed by atoms with Crippen molar-refractivity contribution >= 4 is 11.6 Å². The molecule has 2 aromatic carbocycles. The summed E-state index contributed by atoms with van der Waals surface area (Å²) in [6.07, 6.45) is 0.362. The molecule has 0 aliphatic rings. The molecule has 0 radical (unpaired) electrons. The molecule has 3 aromatic rings. The summed E-state index contributed by atoms with van der Waals surface area (Å²) in [6.45, 7) is 1.93. The fraction of sp³-hybridized carbons (Fsp3) is 0.167. The molecule has 0 atom stereocenters. The van der Waals surface area contributed by atoms with E-state index in [0.29, 0.717) is 23.6 Å². The van der Waals surface area contributed by atoms with Crippen LogP contribution in [-0.4, -0.2) is 21.1 Å². The van der Waals surface area contributed by atoms with Gasteiger partial charge in [-0.15, -0.1) is 0 Å². The van der Waals surface area contributed by atoms with E-state index in [1.807, 2.05) is 31.2 Å². The number of aromatic nitrogens is 3. The minimum absolute atomic E-state index is 0.0576. The van der Waals surface area contributed by atoms with E-state index in [2.05, 4.69) is 20.5 Å². The third kappa shape index (κ3) is 3.84. The molecule has 6 heteroatoms. The van der Waals surface area contributed by atoms with E-state index in [1.54, 1.807) is 18.2 Å². The maximum Gasteiger partial charge on any atom is 0.232 e. The molecule has 0 saturated carbocycles. The van der Waals surface area contributed by atoms with E-state index in [0.717, 1.165) is 11.3 Å². The van der Waals surface area contributed by atoms with Crippen LogP contribution in [-0.2, 0) is 17.6 Å². The zero-order chi connectivity index (χ0) is 16.9. The smallest absolute Gasteiger partial charge is 0.232 e. The lowest BCUT2D eigenvalue weighted by molar-refractivity contribution is -0.115. The molecule has 5 nitrogen and oxygen atoms in total. The van der Waals surface area contributed by atoms with Crippen LogP contribution in [0.15, 0.2) is 48.5 Å². The van der Waals surface area contributed by atoms with Gasteiger partial charge in [0.1, 0.15) is 11.6 Å². The van der Waals surface area contributed by atoms with Crippen molar-refractivity contribution in [3.63, 3.8) is 0 Å². The van der Waals surface area contributed by atoms with Crippen LogP contribution in [0.2, 0.25) is 0 Å². The number of aromatic amines is 1. The molecule has 0 aliphatic heterocycles. The van der Waals surface area contributed by atoms with Crippen LogP contribution in [0.1, 0.15) is 22.8 Å². The Morgan fingerprint density at radius 3 is 2.71 bits per heavy atom. The maximum atomic E-state index is 13.6. The first-order valence-corrected chi connectivity index (χ1v) is 7.61. The topological polar surface area (TPSA) is 70.7 Å². The monoisotopic (exact) mass is 324 g/mol. The predicted molar refractivity (Wildman–Crippen MR) is 89.1 cm³/mol.